The molecule has 1 saturated heterocycles. The van der Waals surface area contributed by atoms with E-state index in [1.54, 1.807) is 0 Å². The number of primary amides is 1. The number of rotatable bonds is 6. The Hall–Kier alpha value is -0.610. The van der Waals surface area contributed by atoms with Gasteiger partial charge in [0.1, 0.15) is 5.54 Å². The number of amides is 1. The third kappa shape index (κ3) is 3.29. The molecule has 2 aliphatic rings. The van der Waals surface area contributed by atoms with Crippen molar-refractivity contribution in [1.29, 1.82) is 0 Å². The zero-order valence-electron chi connectivity index (χ0n) is 12.8. The second-order valence-corrected chi connectivity index (χ2v) is 7.53. The summed E-state index contributed by atoms with van der Waals surface area (Å²) in [6.45, 7) is 11.7. The number of likely N-dealkylation sites (tertiary alicyclic amines) is 1. The molecule has 4 heteroatoms. The molecule has 110 valence electrons. The summed E-state index contributed by atoms with van der Waals surface area (Å²) in [6, 6.07) is 0.281. The second kappa shape index (κ2) is 5.06. The van der Waals surface area contributed by atoms with E-state index in [9.17, 15) is 4.79 Å². The van der Waals surface area contributed by atoms with E-state index in [4.69, 9.17) is 5.73 Å². The minimum Gasteiger partial charge on any atom is -0.368 e. The van der Waals surface area contributed by atoms with Gasteiger partial charge >= 0.3 is 0 Å². The zero-order chi connectivity index (χ0) is 14.3. The number of nitrogens with zero attached hydrogens (tertiary/aromatic N) is 1. The maximum Gasteiger partial charge on any atom is 0.239 e. The zero-order valence-corrected chi connectivity index (χ0v) is 12.8. The van der Waals surface area contributed by atoms with E-state index in [-0.39, 0.29) is 11.9 Å². The molecule has 0 spiro atoms. The van der Waals surface area contributed by atoms with Crippen molar-refractivity contribution in [2.24, 2.45) is 17.1 Å². The van der Waals surface area contributed by atoms with Crippen LogP contribution in [0.15, 0.2) is 0 Å². The Morgan fingerprint density at radius 1 is 1.47 bits per heavy atom. The van der Waals surface area contributed by atoms with Gasteiger partial charge in [0.15, 0.2) is 0 Å². The molecule has 2 rings (SSSR count). The van der Waals surface area contributed by atoms with Crippen molar-refractivity contribution in [3.63, 3.8) is 0 Å². The van der Waals surface area contributed by atoms with Crippen LogP contribution >= 0.6 is 0 Å². The van der Waals surface area contributed by atoms with Crippen LogP contribution in [0.1, 0.15) is 47.0 Å². The van der Waals surface area contributed by atoms with Crippen molar-refractivity contribution in [2.75, 3.05) is 19.6 Å². The van der Waals surface area contributed by atoms with Crippen LogP contribution in [0.25, 0.3) is 0 Å². The van der Waals surface area contributed by atoms with Crippen molar-refractivity contribution in [3.05, 3.63) is 0 Å². The molecule has 0 aromatic heterocycles. The minimum atomic E-state index is -0.519. The predicted octanol–water partition coefficient (Wildman–Crippen LogP) is 1.35. The van der Waals surface area contributed by atoms with E-state index in [1.165, 1.54) is 6.42 Å². The standard InChI is InChI=1S/C15H29N3O/c1-11(2)17-15(13(16)19,12-5-6-12)10-18-8-7-14(3,4)9-18/h11-12,17H,5-10H2,1-4H3,(H2,16,19). The summed E-state index contributed by atoms with van der Waals surface area (Å²) in [5.41, 5.74) is 5.63. The predicted molar refractivity (Wildman–Crippen MR) is 77.8 cm³/mol. The molecule has 1 unspecified atom stereocenters. The highest BCUT2D eigenvalue weighted by atomic mass is 16.1. The summed E-state index contributed by atoms with van der Waals surface area (Å²) < 4.78 is 0. The van der Waals surface area contributed by atoms with E-state index in [0.29, 0.717) is 11.3 Å². The van der Waals surface area contributed by atoms with Gasteiger partial charge in [-0.2, -0.15) is 0 Å². The molecule has 0 aromatic rings. The lowest BCUT2D eigenvalue weighted by Gasteiger charge is -2.37. The highest BCUT2D eigenvalue weighted by Gasteiger charge is 2.51. The molecule has 1 aliphatic carbocycles. The maximum atomic E-state index is 12.1. The van der Waals surface area contributed by atoms with E-state index >= 15 is 0 Å². The number of nitrogens with two attached hydrogens (primary N) is 1. The third-order valence-corrected chi connectivity index (χ3v) is 4.49. The molecule has 2 fully saturated rings. The highest BCUT2D eigenvalue weighted by molar-refractivity contribution is 5.86. The fraction of sp³-hybridized carbons (Fsp3) is 0.933. The first-order valence-corrected chi connectivity index (χ1v) is 7.55. The molecule has 1 aliphatic heterocycles. The summed E-state index contributed by atoms with van der Waals surface area (Å²) in [5.74, 6) is 0.254. The molecule has 0 aromatic carbocycles. The minimum absolute atomic E-state index is 0.173. The van der Waals surface area contributed by atoms with E-state index in [2.05, 4.69) is 37.9 Å². The van der Waals surface area contributed by atoms with Crippen molar-refractivity contribution < 1.29 is 4.79 Å². The van der Waals surface area contributed by atoms with Gasteiger partial charge < -0.3 is 10.6 Å². The normalized spacial score (nSPS) is 26.6. The molecule has 0 radical (unpaired) electrons. The molecule has 19 heavy (non-hydrogen) atoms. The largest absolute Gasteiger partial charge is 0.368 e. The molecule has 0 bridgehead atoms. The van der Waals surface area contributed by atoms with Crippen LogP contribution in [-0.4, -0.2) is 42.0 Å². The summed E-state index contributed by atoms with van der Waals surface area (Å²) >= 11 is 0. The Morgan fingerprint density at radius 2 is 2.11 bits per heavy atom. The van der Waals surface area contributed by atoms with E-state index in [0.717, 1.165) is 32.5 Å². The van der Waals surface area contributed by atoms with Crippen LogP contribution in [0.2, 0.25) is 0 Å². The Balaban J connectivity index is 2.11. The highest BCUT2D eigenvalue weighted by Crippen LogP contribution is 2.41. The van der Waals surface area contributed by atoms with Gasteiger partial charge in [0.2, 0.25) is 5.91 Å². The van der Waals surface area contributed by atoms with Gasteiger partial charge in [0.25, 0.3) is 0 Å². The average molecular weight is 267 g/mol. The van der Waals surface area contributed by atoms with Gasteiger partial charge in [0.05, 0.1) is 0 Å². The molecule has 4 nitrogen and oxygen atoms in total. The van der Waals surface area contributed by atoms with Crippen molar-refractivity contribution in [3.8, 4) is 0 Å². The van der Waals surface area contributed by atoms with Gasteiger partial charge in [-0.15, -0.1) is 0 Å². The summed E-state index contributed by atoms with van der Waals surface area (Å²) in [5, 5.41) is 3.49. The fourth-order valence-corrected chi connectivity index (χ4v) is 3.45. The molecule has 1 heterocycles. The smallest absolute Gasteiger partial charge is 0.239 e. The number of hydrogen-bond donors (Lipinski definition) is 2. The molecular formula is C15H29N3O. The van der Waals surface area contributed by atoms with Crippen LogP contribution in [0.4, 0.5) is 0 Å². The van der Waals surface area contributed by atoms with Crippen LogP contribution in [0, 0.1) is 11.3 Å². The number of nitrogens with one attached hydrogen (secondary N) is 1. The number of carbonyl (C=O) groups excluding carboxylic acids is 1. The van der Waals surface area contributed by atoms with Gasteiger partial charge in [0, 0.05) is 19.1 Å². The van der Waals surface area contributed by atoms with Gasteiger partial charge in [-0.25, -0.2) is 0 Å². The molecular weight excluding hydrogens is 238 g/mol. The molecule has 3 N–H and O–H groups in total. The van der Waals surface area contributed by atoms with Gasteiger partial charge in [-0.3, -0.25) is 10.1 Å². The van der Waals surface area contributed by atoms with Crippen LogP contribution < -0.4 is 11.1 Å². The summed E-state index contributed by atoms with van der Waals surface area (Å²) in [4.78, 5) is 14.5. The van der Waals surface area contributed by atoms with Crippen LogP contribution in [-0.2, 0) is 4.79 Å². The fourth-order valence-electron chi connectivity index (χ4n) is 3.45. The second-order valence-electron chi connectivity index (χ2n) is 7.53. The van der Waals surface area contributed by atoms with E-state index in [1.807, 2.05) is 0 Å². The van der Waals surface area contributed by atoms with Crippen LogP contribution in [0.5, 0.6) is 0 Å². The first kappa shape index (κ1) is 14.8. The lowest BCUT2D eigenvalue weighted by molar-refractivity contribution is -0.126. The van der Waals surface area contributed by atoms with Gasteiger partial charge in [-0.05, 0) is 51.0 Å². The average Bonchev–Trinajstić information content (AvgIpc) is 3.03. The quantitative estimate of drug-likeness (QED) is 0.764. The van der Waals surface area contributed by atoms with Gasteiger partial charge in [-0.1, -0.05) is 13.8 Å². The Labute approximate surface area is 117 Å². The Bertz CT molecular complexity index is 349. The lowest BCUT2D eigenvalue weighted by atomic mass is 9.90. The first-order chi connectivity index (χ1) is 8.75. The van der Waals surface area contributed by atoms with E-state index < -0.39 is 5.54 Å². The lowest BCUT2D eigenvalue weighted by Crippen LogP contribution is -2.64. The SMILES string of the molecule is CC(C)NC(CN1CCC(C)(C)C1)(C(N)=O)C1CC1. The molecule has 1 amide bonds. The topological polar surface area (TPSA) is 58.4 Å². The first-order valence-electron chi connectivity index (χ1n) is 7.55. The maximum absolute atomic E-state index is 12.1. The molecule has 1 saturated carbocycles. The number of carbonyl (C=O) groups is 1. The Kier molecular flexibility index (Phi) is 3.94. The van der Waals surface area contributed by atoms with Crippen molar-refractivity contribution in [2.45, 2.75) is 58.5 Å². The summed E-state index contributed by atoms with van der Waals surface area (Å²) in [6.07, 6.45) is 3.45. The monoisotopic (exact) mass is 267 g/mol. The van der Waals surface area contributed by atoms with Crippen LogP contribution in [0.3, 0.4) is 0 Å². The Morgan fingerprint density at radius 3 is 2.47 bits per heavy atom. The summed E-state index contributed by atoms with van der Waals surface area (Å²) in [7, 11) is 0. The molecule has 1 atom stereocenters. The van der Waals surface area contributed by atoms with Crippen molar-refractivity contribution in [1.82, 2.24) is 10.2 Å². The van der Waals surface area contributed by atoms with Crippen molar-refractivity contribution >= 4 is 5.91 Å². The third-order valence-electron chi connectivity index (χ3n) is 4.49. The number of hydrogen-bond acceptors (Lipinski definition) is 3.